The quantitative estimate of drug-likeness (QED) is 0.707. The molecular formula is C18H17FN4O2. The van der Waals surface area contributed by atoms with Gasteiger partial charge in [0.15, 0.2) is 0 Å². The topological polar surface area (TPSA) is 64.3 Å². The van der Waals surface area contributed by atoms with Crippen LogP contribution in [0.3, 0.4) is 0 Å². The SMILES string of the molecule is CN(C)C1(c2nc(-c3ccc(Oc4ccc(F)cc4)nc3)no2)CC1. The molecule has 6 nitrogen and oxygen atoms in total. The molecule has 0 aliphatic heterocycles. The molecule has 0 radical (unpaired) electrons. The van der Waals surface area contributed by atoms with Crippen molar-refractivity contribution in [1.82, 2.24) is 20.0 Å². The summed E-state index contributed by atoms with van der Waals surface area (Å²) in [5.74, 6) is 1.76. The van der Waals surface area contributed by atoms with Crippen LogP contribution >= 0.6 is 0 Å². The molecule has 0 amide bonds. The second-order valence-corrected chi connectivity index (χ2v) is 6.29. The summed E-state index contributed by atoms with van der Waals surface area (Å²) in [6.45, 7) is 0. The highest BCUT2D eigenvalue weighted by molar-refractivity contribution is 5.53. The van der Waals surface area contributed by atoms with Crippen LogP contribution in [-0.2, 0) is 5.54 Å². The first-order valence-electron chi connectivity index (χ1n) is 7.98. The fourth-order valence-electron chi connectivity index (χ4n) is 2.70. The predicted molar refractivity (Wildman–Crippen MR) is 88.6 cm³/mol. The van der Waals surface area contributed by atoms with Crippen molar-refractivity contribution in [2.24, 2.45) is 0 Å². The van der Waals surface area contributed by atoms with Crippen LogP contribution in [0.5, 0.6) is 11.6 Å². The van der Waals surface area contributed by atoms with Crippen LogP contribution in [0.25, 0.3) is 11.4 Å². The molecule has 1 aliphatic carbocycles. The van der Waals surface area contributed by atoms with Crippen molar-refractivity contribution in [1.29, 1.82) is 0 Å². The van der Waals surface area contributed by atoms with E-state index in [1.54, 1.807) is 24.4 Å². The first kappa shape index (κ1) is 15.7. The molecule has 2 aromatic heterocycles. The van der Waals surface area contributed by atoms with Crippen LogP contribution in [0.15, 0.2) is 47.1 Å². The number of benzene rings is 1. The van der Waals surface area contributed by atoms with Gasteiger partial charge in [-0.2, -0.15) is 4.98 Å². The maximum Gasteiger partial charge on any atom is 0.247 e. The lowest BCUT2D eigenvalue weighted by Crippen LogP contribution is -2.27. The van der Waals surface area contributed by atoms with Crippen LogP contribution in [0.1, 0.15) is 18.7 Å². The zero-order valence-electron chi connectivity index (χ0n) is 13.9. The maximum absolute atomic E-state index is 12.9. The third kappa shape index (κ3) is 2.98. The van der Waals surface area contributed by atoms with E-state index >= 15 is 0 Å². The Morgan fingerprint density at radius 3 is 2.48 bits per heavy atom. The summed E-state index contributed by atoms with van der Waals surface area (Å²) < 4.78 is 23.9. The lowest BCUT2D eigenvalue weighted by atomic mass is 10.2. The van der Waals surface area contributed by atoms with E-state index in [2.05, 4.69) is 20.0 Å². The first-order chi connectivity index (χ1) is 12.1. The Morgan fingerprint density at radius 1 is 1.12 bits per heavy atom. The van der Waals surface area contributed by atoms with Crippen molar-refractivity contribution in [2.45, 2.75) is 18.4 Å². The molecule has 0 bridgehead atoms. The van der Waals surface area contributed by atoms with E-state index in [-0.39, 0.29) is 11.4 Å². The van der Waals surface area contributed by atoms with Crippen molar-refractivity contribution >= 4 is 0 Å². The van der Waals surface area contributed by atoms with Gasteiger partial charge in [-0.3, -0.25) is 4.90 Å². The summed E-state index contributed by atoms with van der Waals surface area (Å²) in [4.78, 5) is 10.9. The van der Waals surface area contributed by atoms with Crippen molar-refractivity contribution in [3.8, 4) is 23.0 Å². The van der Waals surface area contributed by atoms with E-state index in [9.17, 15) is 4.39 Å². The summed E-state index contributed by atoms with van der Waals surface area (Å²) in [6, 6.07) is 9.30. The molecule has 0 spiro atoms. The molecule has 1 aliphatic rings. The standard InChI is InChI=1S/C18H17FN4O2/c1-23(2)18(9-10-18)17-21-16(22-25-17)12-3-8-15(20-11-12)24-14-6-4-13(19)5-7-14/h3-8,11H,9-10H2,1-2H3. The van der Waals surface area contributed by atoms with Crippen LogP contribution in [0, 0.1) is 5.82 Å². The monoisotopic (exact) mass is 340 g/mol. The van der Waals surface area contributed by atoms with Crippen molar-refractivity contribution in [2.75, 3.05) is 14.1 Å². The highest BCUT2D eigenvalue weighted by Crippen LogP contribution is 2.49. The minimum Gasteiger partial charge on any atom is -0.439 e. The summed E-state index contributed by atoms with van der Waals surface area (Å²) >= 11 is 0. The van der Waals surface area contributed by atoms with E-state index < -0.39 is 0 Å². The van der Waals surface area contributed by atoms with Gasteiger partial charge in [-0.15, -0.1) is 0 Å². The smallest absolute Gasteiger partial charge is 0.247 e. The fourth-order valence-corrected chi connectivity index (χ4v) is 2.70. The van der Waals surface area contributed by atoms with Gasteiger partial charge in [0, 0.05) is 17.8 Å². The third-order valence-corrected chi connectivity index (χ3v) is 4.43. The number of hydrogen-bond acceptors (Lipinski definition) is 6. The molecule has 1 fully saturated rings. The van der Waals surface area contributed by atoms with E-state index in [0.717, 1.165) is 18.4 Å². The molecule has 0 saturated heterocycles. The molecule has 2 heterocycles. The maximum atomic E-state index is 12.9. The van der Waals surface area contributed by atoms with Gasteiger partial charge in [0.2, 0.25) is 17.6 Å². The van der Waals surface area contributed by atoms with E-state index in [1.807, 2.05) is 20.2 Å². The fraction of sp³-hybridized carbons (Fsp3) is 0.278. The van der Waals surface area contributed by atoms with Crippen molar-refractivity contribution in [3.63, 3.8) is 0 Å². The number of rotatable bonds is 5. The van der Waals surface area contributed by atoms with E-state index in [1.165, 1.54) is 12.1 Å². The molecule has 3 aromatic rings. The zero-order chi connectivity index (χ0) is 17.4. The molecular weight excluding hydrogens is 323 g/mol. The molecule has 0 atom stereocenters. The third-order valence-electron chi connectivity index (χ3n) is 4.43. The highest BCUT2D eigenvalue weighted by atomic mass is 19.1. The Labute approximate surface area is 144 Å². The lowest BCUT2D eigenvalue weighted by molar-refractivity contribution is 0.208. The van der Waals surface area contributed by atoms with Gasteiger partial charge >= 0.3 is 0 Å². The Hall–Kier alpha value is -2.80. The van der Waals surface area contributed by atoms with Crippen LogP contribution < -0.4 is 4.74 Å². The number of nitrogens with zero attached hydrogens (tertiary/aromatic N) is 4. The molecule has 1 saturated carbocycles. The van der Waals surface area contributed by atoms with Gasteiger partial charge in [0.1, 0.15) is 17.1 Å². The number of ether oxygens (including phenoxy) is 1. The van der Waals surface area contributed by atoms with Crippen LogP contribution in [-0.4, -0.2) is 34.1 Å². The zero-order valence-corrected chi connectivity index (χ0v) is 13.9. The van der Waals surface area contributed by atoms with E-state index in [0.29, 0.717) is 23.3 Å². The van der Waals surface area contributed by atoms with Gasteiger partial charge in [-0.1, -0.05) is 5.16 Å². The molecule has 1 aromatic carbocycles. The number of halogens is 1. The number of hydrogen-bond donors (Lipinski definition) is 0. The number of aromatic nitrogens is 3. The number of pyridine rings is 1. The van der Waals surface area contributed by atoms with E-state index in [4.69, 9.17) is 9.26 Å². The van der Waals surface area contributed by atoms with Crippen LogP contribution in [0.4, 0.5) is 4.39 Å². The van der Waals surface area contributed by atoms with Gasteiger partial charge in [-0.25, -0.2) is 9.37 Å². The van der Waals surface area contributed by atoms with Crippen molar-refractivity contribution in [3.05, 3.63) is 54.3 Å². The highest BCUT2D eigenvalue weighted by Gasteiger charge is 2.51. The van der Waals surface area contributed by atoms with Crippen LogP contribution in [0.2, 0.25) is 0 Å². The largest absolute Gasteiger partial charge is 0.439 e. The van der Waals surface area contributed by atoms with Gasteiger partial charge in [0.05, 0.1) is 0 Å². The van der Waals surface area contributed by atoms with Crippen molar-refractivity contribution < 1.29 is 13.7 Å². The average molecular weight is 340 g/mol. The first-order valence-corrected chi connectivity index (χ1v) is 7.98. The molecule has 128 valence electrons. The predicted octanol–water partition coefficient (Wildman–Crippen LogP) is 3.61. The van der Waals surface area contributed by atoms with Gasteiger partial charge in [0.25, 0.3) is 0 Å². The molecule has 4 rings (SSSR count). The normalized spacial score (nSPS) is 15.4. The lowest BCUT2D eigenvalue weighted by Gasteiger charge is -2.18. The van der Waals surface area contributed by atoms with Gasteiger partial charge < -0.3 is 9.26 Å². The summed E-state index contributed by atoms with van der Waals surface area (Å²) in [5.41, 5.74) is 0.626. The second-order valence-electron chi connectivity index (χ2n) is 6.29. The Balaban J connectivity index is 1.51. The van der Waals surface area contributed by atoms with Gasteiger partial charge in [-0.05, 0) is 57.3 Å². The molecule has 25 heavy (non-hydrogen) atoms. The minimum absolute atomic E-state index is 0.121. The molecule has 0 unspecified atom stereocenters. The summed E-state index contributed by atoms with van der Waals surface area (Å²) in [5, 5.41) is 4.06. The average Bonchev–Trinajstić information content (AvgIpc) is 3.29. The molecule has 7 heteroatoms. The molecule has 0 N–H and O–H groups in total. The minimum atomic E-state index is -0.310. The second kappa shape index (κ2) is 5.93. The Bertz CT molecular complexity index is 871. The summed E-state index contributed by atoms with van der Waals surface area (Å²) in [6.07, 6.45) is 3.66. The summed E-state index contributed by atoms with van der Waals surface area (Å²) in [7, 11) is 4.03. The Morgan fingerprint density at radius 2 is 1.88 bits per heavy atom. The Kier molecular flexibility index (Phi) is 3.73.